The zero-order valence-electron chi connectivity index (χ0n) is 12.7. The predicted molar refractivity (Wildman–Crippen MR) is 85.9 cm³/mol. The molecule has 2 rings (SSSR count). The Morgan fingerprint density at radius 2 is 1.73 bits per heavy atom. The largest absolute Gasteiger partial charge is 0.496 e. The number of rotatable bonds is 5. The van der Waals surface area contributed by atoms with Crippen molar-refractivity contribution in [2.75, 3.05) is 25.7 Å². The molecule has 0 bridgehead atoms. The molecule has 0 aliphatic carbocycles. The van der Waals surface area contributed by atoms with Crippen LogP contribution in [0.15, 0.2) is 12.1 Å². The molecule has 120 valence electrons. The minimum absolute atomic E-state index is 0.151. The van der Waals surface area contributed by atoms with Crippen LogP contribution in [0.5, 0.6) is 11.5 Å². The first-order valence-corrected chi connectivity index (χ1v) is 8.16. The van der Waals surface area contributed by atoms with Gasteiger partial charge in [-0.2, -0.15) is 11.8 Å². The van der Waals surface area contributed by atoms with Gasteiger partial charge in [0.15, 0.2) is 0 Å². The Balaban J connectivity index is 2.29. The van der Waals surface area contributed by atoms with Gasteiger partial charge in [0.05, 0.1) is 25.3 Å². The van der Waals surface area contributed by atoms with E-state index in [4.69, 9.17) is 15.2 Å². The summed E-state index contributed by atoms with van der Waals surface area (Å²) < 4.78 is 10.4. The molecule has 0 atom stereocenters. The molecule has 3 N–H and O–H groups in total. The van der Waals surface area contributed by atoms with Crippen LogP contribution in [-0.2, 0) is 0 Å². The number of ether oxygens (including phenoxy) is 2. The van der Waals surface area contributed by atoms with Gasteiger partial charge < -0.3 is 20.5 Å². The molecule has 1 aromatic rings. The van der Waals surface area contributed by atoms with Gasteiger partial charge in [-0.25, -0.2) is 0 Å². The third kappa shape index (κ3) is 3.65. The smallest absolute Gasteiger partial charge is 0.255 e. The standard InChI is InChI=1S/C15H20N2O4S/c1-20-12-8-13(21-2)11(7-10(12)14(16)18)15(19)17-9-3-5-22-6-4-9/h7-9H,3-6H2,1-2H3,(H2,16,18)(H,17,19). The van der Waals surface area contributed by atoms with E-state index < -0.39 is 5.91 Å². The molecule has 0 aromatic heterocycles. The van der Waals surface area contributed by atoms with Crippen LogP contribution >= 0.6 is 11.8 Å². The second-order valence-electron chi connectivity index (χ2n) is 4.98. The minimum Gasteiger partial charge on any atom is -0.496 e. The van der Waals surface area contributed by atoms with E-state index in [1.807, 2.05) is 11.8 Å². The molecule has 0 spiro atoms. The first-order chi connectivity index (χ1) is 10.6. The highest BCUT2D eigenvalue weighted by Gasteiger charge is 2.22. The fourth-order valence-corrected chi connectivity index (χ4v) is 3.48. The number of nitrogens with two attached hydrogens (primary N) is 1. The normalized spacial score (nSPS) is 15.2. The van der Waals surface area contributed by atoms with Crippen molar-refractivity contribution in [3.63, 3.8) is 0 Å². The zero-order valence-corrected chi connectivity index (χ0v) is 13.5. The Morgan fingerprint density at radius 1 is 1.14 bits per heavy atom. The first kappa shape index (κ1) is 16.5. The quantitative estimate of drug-likeness (QED) is 0.855. The Kier molecular flexibility index (Phi) is 5.54. The average Bonchev–Trinajstić information content (AvgIpc) is 2.54. The fourth-order valence-electron chi connectivity index (χ4n) is 2.37. The number of nitrogens with one attached hydrogen (secondary N) is 1. The molecule has 2 amide bonds. The summed E-state index contributed by atoms with van der Waals surface area (Å²) in [6.07, 6.45) is 1.88. The molecule has 0 saturated carbocycles. The SMILES string of the molecule is COc1cc(OC)c(C(=O)NC2CCSCC2)cc1C(N)=O. The first-order valence-electron chi connectivity index (χ1n) is 7.01. The number of methoxy groups -OCH3 is 2. The fraction of sp³-hybridized carbons (Fsp3) is 0.467. The summed E-state index contributed by atoms with van der Waals surface area (Å²) in [7, 11) is 2.90. The Bertz CT molecular complexity index is 571. The van der Waals surface area contributed by atoms with Crippen LogP contribution in [-0.4, -0.2) is 43.6 Å². The number of hydrogen-bond acceptors (Lipinski definition) is 5. The van der Waals surface area contributed by atoms with Crippen LogP contribution in [0, 0.1) is 0 Å². The van der Waals surface area contributed by atoms with E-state index in [1.165, 1.54) is 26.4 Å². The van der Waals surface area contributed by atoms with Crippen molar-refractivity contribution in [2.45, 2.75) is 18.9 Å². The van der Waals surface area contributed by atoms with Crippen molar-refractivity contribution in [3.8, 4) is 11.5 Å². The molecular formula is C15H20N2O4S. The highest BCUT2D eigenvalue weighted by Crippen LogP contribution is 2.29. The van der Waals surface area contributed by atoms with Gasteiger partial charge >= 0.3 is 0 Å². The van der Waals surface area contributed by atoms with Gasteiger partial charge in [-0.1, -0.05) is 0 Å². The molecule has 1 heterocycles. The number of benzene rings is 1. The summed E-state index contributed by atoms with van der Waals surface area (Å²) in [6, 6.07) is 3.08. The van der Waals surface area contributed by atoms with Gasteiger partial charge in [-0.3, -0.25) is 9.59 Å². The van der Waals surface area contributed by atoms with E-state index in [1.54, 1.807) is 0 Å². The van der Waals surface area contributed by atoms with Crippen molar-refractivity contribution in [3.05, 3.63) is 23.3 Å². The number of thioether (sulfide) groups is 1. The topological polar surface area (TPSA) is 90.7 Å². The summed E-state index contributed by atoms with van der Waals surface area (Å²) in [5, 5.41) is 2.99. The molecule has 0 unspecified atom stereocenters. The maximum atomic E-state index is 12.5. The van der Waals surface area contributed by atoms with Crippen LogP contribution in [0.1, 0.15) is 33.6 Å². The van der Waals surface area contributed by atoms with Crippen molar-refractivity contribution in [1.82, 2.24) is 5.32 Å². The van der Waals surface area contributed by atoms with Crippen LogP contribution in [0.4, 0.5) is 0 Å². The van der Waals surface area contributed by atoms with E-state index in [9.17, 15) is 9.59 Å². The maximum absolute atomic E-state index is 12.5. The molecule has 1 aliphatic rings. The molecule has 1 fully saturated rings. The van der Waals surface area contributed by atoms with Crippen LogP contribution in [0.25, 0.3) is 0 Å². The summed E-state index contributed by atoms with van der Waals surface area (Å²) in [5.74, 6) is 1.80. The molecule has 1 aromatic carbocycles. The molecule has 0 radical (unpaired) electrons. The van der Waals surface area contributed by atoms with Crippen molar-refractivity contribution in [1.29, 1.82) is 0 Å². The van der Waals surface area contributed by atoms with Crippen molar-refractivity contribution < 1.29 is 19.1 Å². The highest BCUT2D eigenvalue weighted by molar-refractivity contribution is 7.99. The molecule has 22 heavy (non-hydrogen) atoms. The lowest BCUT2D eigenvalue weighted by molar-refractivity contribution is 0.0931. The lowest BCUT2D eigenvalue weighted by Crippen LogP contribution is -2.37. The summed E-state index contributed by atoms with van der Waals surface area (Å²) in [5.41, 5.74) is 5.79. The predicted octanol–water partition coefficient (Wildman–Crippen LogP) is 1.43. The third-order valence-corrected chi connectivity index (χ3v) is 4.64. The average molecular weight is 324 g/mol. The van der Waals surface area contributed by atoms with Gasteiger partial charge in [0.2, 0.25) is 0 Å². The Hall–Kier alpha value is -1.89. The molecular weight excluding hydrogens is 304 g/mol. The number of primary amides is 1. The van der Waals surface area contributed by atoms with Crippen molar-refractivity contribution in [2.24, 2.45) is 5.73 Å². The van der Waals surface area contributed by atoms with Crippen molar-refractivity contribution >= 4 is 23.6 Å². The van der Waals surface area contributed by atoms with Crippen LogP contribution < -0.4 is 20.5 Å². The summed E-state index contributed by atoms with van der Waals surface area (Å²) in [6.45, 7) is 0. The molecule has 6 nitrogen and oxygen atoms in total. The summed E-state index contributed by atoms with van der Waals surface area (Å²) >= 11 is 1.89. The van der Waals surface area contributed by atoms with Crippen LogP contribution in [0.3, 0.4) is 0 Å². The van der Waals surface area contributed by atoms with Crippen LogP contribution in [0.2, 0.25) is 0 Å². The highest BCUT2D eigenvalue weighted by atomic mass is 32.2. The molecule has 7 heteroatoms. The lowest BCUT2D eigenvalue weighted by atomic mass is 10.1. The number of amides is 2. The van der Waals surface area contributed by atoms with Gasteiger partial charge in [0.1, 0.15) is 11.5 Å². The lowest BCUT2D eigenvalue weighted by Gasteiger charge is -2.23. The van der Waals surface area contributed by atoms with Gasteiger partial charge in [-0.05, 0) is 30.4 Å². The van der Waals surface area contributed by atoms with E-state index in [0.717, 1.165) is 24.3 Å². The number of hydrogen-bond donors (Lipinski definition) is 2. The third-order valence-electron chi connectivity index (χ3n) is 3.59. The monoisotopic (exact) mass is 324 g/mol. The number of carbonyl (C=O) groups is 2. The molecule has 1 saturated heterocycles. The Morgan fingerprint density at radius 3 is 2.27 bits per heavy atom. The van der Waals surface area contributed by atoms with E-state index in [0.29, 0.717) is 5.75 Å². The summed E-state index contributed by atoms with van der Waals surface area (Å²) in [4.78, 5) is 24.0. The zero-order chi connectivity index (χ0) is 16.1. The van der Waals surface area contributed by atoms with Gasteiger partial charge in [0, 0.05) is 12.1 Å². The van der Waals surface area contributed by atoms with E-state index in [2.05, 4.69) is 5.32 Å². The Labute approximate surface area is 133 Å². The number of carbonyl (C=O) groups excluding carboxylic acids is 2. The second-order valence-corrected chi connectivity index (χ2v) is 6.20. The molecule has 1 aliphatic heterocycles. The van der Waals surface area contributed by atoms with E-state index in [-0.39, 0.29) is 28.8 Å². The van der Waals surface area contributed by atoms with Gasteiger partial charge in [-0.15, -0.1) is 0 Å². The minimum atomic E-state index is -0.650. The maximum Gasteiger partial charge on any atom is 0.255 e. The van der Waals surface area contributed by atoms with E-state index >= 15 is 0 Å². The second kappa shape index (κ2) is 7.40. The van der Waals surface area contributed by atoms with Gasteiger partial charge in [0.25, 0.3) is 11.8 Å².